The van der Waals surface area contributed by atoms with Crippen molar-refractivity contribution in [2.24, 2.45) is 16.7 Å². The van der Waals surface area contributed by atoms with Gasteiger partial charge in [0.2, 0.25) is 28.6 Å². The van der Waals surface area contributed by atoms with Crippen LogP contribution in [0.25, 0.3) is 6.08 Å². The first-order valence-corrected chi connectivity index (χ1v) is 20.5. The van der Waals surface area contributed by atoms with Crippen molar-refractivity contribution in [3.8, 4) is 11.5 Å². The van der Waals surface area contributed by atoms with E-state index in [0.29, 0.717) is 50.0 Å². The first kappa shape index (κ1) is 38.0. The zero-order valence-electron chi connectivity index (χ0n) is 31.3. The number of allylic oxidation sites excluding steroid dienone is 1. The van der Waals surface area contributed by atoms with Crippen LogP contribution in [-0.4, -0.2) is 91.4 Å². The number of Topliss-reactive ketones (excluding diaryl/α,β-unsaturated/α-hetero) is 1. The third kappa shape index (κ3) is 7.50. The largest absolute Gasteiger partial charge is 0.454 e. The number of cyclic esters (lactones) is 1. The molecule has 4 heterocycles. The molecule has 7 rings (SSSR count). The SMILES string of the molecule is CC[C@H]1C[C@@]1(CC(=O)C1C[C@@H]2CN1C(=O)[C@H](C(C)(C)C)NC(=O)OCCCC/C=C\c1c3c(cc4c1OCO4)CN(C3)C(=O)O2)C(=O)NS(=O)(=O)C1CC1. The highest BCUT2D eigenvalue weighted by Crippen LogP contribution is 2.58. The highest BCUT2D eigenvalue weighted by Gasteiger charge is 2.62. The van der Waals surface area contributed by atoms with Gasteiger partial charge in [-0.3, -0.25) is 24.0 Å². The van der Waals surface area contributed by atoms with Crippen LogP contribution in [0.3, 0.4) is 0 Å². The van der Waals surface area contributed by atoms with Crippen LogP contribution in [0.4, 0.5) is 9.59 Å². The lowest BCUT2D eigenvalue weighted by Gasteiger charge is -2.35. The summed E-state index contributed by atoms with van der Waals surface area (Å²) in [6, 6.07) is -0.328. The molecular formula is C38H50N4O11S. The Bertz CT molecular complexity index is 1870. The molecule has 0 aromatic heterocycles. The monoisotopic (exact) mass is 770 g/mol. The molecule has 15 nitrogen and oxygen atoms in total. The molecule has 54 heavy (non-hydrogen) atoms. The summed E-state index contributed by atoms with van der Waals surface area (Å²) in [5.74, 6) is -0.693. The smallest absolute Gasteiger partial charge is 0.410 e. The van der Waals surface area contributed by atoms with Gasteiger partial charge in [0.05, 0.1) is 36.4 Å². The van der Waals surface area contributed by atoms with E-state index in [1.165, 1.54) is 4.90 Å². The fourth-order valence-electron chi connectivity index (χ4n) is 8.21. The Morgan fingerprint density at radius 3 is 2.56 bits per heavy atom. The van der Waals surface area contributed by atoms with Crippen molar-refractivity contribution in [1.29, 1.82) is 0 Å². The topological polar surface area (TPSA) is 187 Å². The molecule has 1 aromatic carbocycles. The summed E-state index contributed by atoms with van der Waals surface area (Å²) in [4.78, 5) is 72.1. The molecule has 294 valence electrons. The molecule has 1 saturated heterocycles. The van der Waals surface area contributed by atoms with E-state index in [0.717, 1.165) is 23.1 Å². The van der Waals surface area contributed by atoms with Gasteiger partial charge in [-0.05, 0) is 67.1 Å². The lowest BCUT2D eigenvalue weighted by atomic mass is 9.85. The normalized spacial score (nSPS) is 29.2. The average molecular weight is 771 g/mol. The summed E-state index contributed by atoms with van der Waals surface area (Å²) in [7, 11) is -3.85. The molecule has 1 unspecified atom stereocenters. The molecule has 4 bridgehead atoms. The number of sulfonamides is 1. The number of carbonyl (C=O) groups excluding carboxylic acids is 5. The second-order valence-electron chi connectivity index (χ2n) is 16.5. The fourth-order valence-corrected chi connectivity index (χ4v) is 9.60. The van der Waals surface area contributed by atoms with Crippen molar-refractivity contribution in [1.82, 2.24) is 19.8 Å². The number of ketones is 1. The van der Waals surface area contributed by atoms with E-state index in [4.69, 9.17) is 18.9 Å². The lowest BCUT2D eigenvalue weighted by Crippen LogP contribution is -2.57. The number of nitrogens with zero attached hydrogens (tertiary/aromatic N) is 2. The fraction of sp³-hybridized carbons (Fsp3) is 0.658. The van der Waals surface area contributed by atoms with Crippen LogP contribution >= 0.6 is 0 Å². The molecule has 6 aliphatic rings. The van der Waals surface area contributed by atoms with E-state index in [2.05, 4.69) is 10.0 Å². The second-order valence-corrected chi connectivity index (χ2v) is 18.5. The van der Waals surface area contributed by atoms with Crippen molar-refractivity contribution < 1.29 is 51.3 Å². The molecule has 2 aliphatic carbocycles. The number of alkyl carbamates (subject to hydrolysis) is 1. The van der Waals surface area contributed by atoms with Crippen molar-refractivity contribution >= 4 is 45.9 Å². The van der Waals surface area contributed by atoms with Gasteiger partial charge in [-0.2, -0.15) is 0 Å². The Balaban J connectivity index is 1.16. The molecule has 5 atom stereocenters. The molecule has 16 heteroatoms. The maximum atomic E-state index is 14.5. The van der Waals surface area contributed by atoms with Crippen molar-refractivity contribution in [2.75, 3.05) is 19.9 Å². The van der Waals surface area contributed by atoms with Gasteiger partial charge < -0.3 is 29.2 Å². The van der Waals surface area contributed by atoms with E-state index in [-0.39, 0.29) is 51.8 Å². The number of hydrogen-bond donors (Lipinski definition) is 2. The van der Waals surface area contributed by atoms with Crippen LogP contribution in [0.15, 0.2) is 12.1 Å². The van der Waals surface area contributed by atoms with E-state index < -0.39 is 74.1 Å². The number of hydrogen-bond acceptors (Lipinski definition) is 11. The van der Waals surface area contributed by atoms with Gasteiger partial charge in [0.1, 0.15) is 12.1 Å². The molecule has 2 saturated carbocycles. The van der Waals surface area contributed by atoms with Gasteiger partial charge in [-0.15, -0.1) is 0 Å². The van der Waals surface area contributed by atoms with Gasteiger partial charge in [-0.1, -0.05) is 46.3 Å². The zero-order valence-corrected chi connectivity index (χ0v) is 32.1. The van der Waals surface area contributed by atoms with Gasteiger partial charge >= 0.3 is 12.2 Å². The zero-order chi connectivity index (χ0) is 38.6. The van der Waals surface area contributed by atoms with Gasteiger partial charge in [-0.25, -0.2) is 18.0 Å². The molecule has 3 fully saturated rings. The number of nitrogens with one attached hydrogen (secondary N) is 2. The minimum atomic E-state index is -3.85. The Morgan fingerprint density at radius 1 is 1.07 bits per heavy atom. The van der Waals surface area contributed by atoms with Gasteiger partial charge in [0.15, 0.2) is 17.3 Å². The molecular weight excluding hydrogens is 721 g/mol. The molecule has 2 N–H and O–H groups in total. The Labute approximate surface area is 315 Å². The highest BCUT2D eigenvalue weighted by molar-refractivity contribution is 7.90. The number of rotatable bonds is 7. The molecule has 4 aliphatic heterocycles. The maximum absolute atomic E-state index is 14.5. The first-order chi connectivity index (χ1) is 25.6. The summed E-state index contributed by atoms with van der Waals surface area (Å²) < 4.78 is 50.7. The van der Waals surface area contributed by atoms with E-state index in [1.807, 2.05) is 25.1 Å². The van der Waals surface area contributed by atoms with Crippen LogP contribution in [0.5, 0.6) is 11.5 Å². The van der Waals surface area contributed by atoms with E-state index in [9.17, 15) is 32.4 Å². The summed E-state index contributed by atoms with van der Waals surface area (Å²) in [5, 5.41) is 2.11. The van der Waals surface area contributed by atoms with Crippen LogP contribution in [0.1, 0.15) is 102 Å². The Hall–Kier alpha value is -4.34. The Morgan fingerprint density at radius 2 is 1.85 bits per heavy atom. The third-order valence-corrected chi connectivity index (χ3v) is 13.4. The van der Waals surface area contributed by atoms with Crippen LogP contribution < -0.4 is 19.5 Å². The van der Waals surface area contributed by atoms with E-state index >= 15 is 0 Å². The third-order valence-electron chi connectivity index (χ3n) is 11.6. The standard InChI is InChI=1S/C38H50N4O11S/c1-5-23-16-38(23,34(45)40-54(48,49)25-11-12-25)17-29(43)28-15-24-19-42(28)33(44)32(37(2,3)4)39-35(46)50-13-9-7-6-8-10-26-27-20-41(36(47)53-24)18-22(27)14-30-31(26)52-21-51-30/h8,10,14,23-25,28,32H,5-7,9,11-13,15-21H2,1-4H3,(H,39,46)(H,40,45)/b10-8-/t23-,24+,28?,32+,38-/m0/s1. The molecule has 4 amide bonds. The average Bonchev–Trinajstić information content (AvgIpc) is 3.93. The highest BCUT2D eigenvalue weighted by atomic mass is 32.2. The summed E-state index contributed by atoms with van der Waals surface area (Å²) in [5.41, 5.74) is 0.590. The van der Waals surface area contributed by atoms with Gasteiger partial charge in [0, 0.05) is 24.9 Å². The summed E-state index contributed by atoms with van der Waals surface area (Å²) >= 11 is 0. The lowest BCUT2D eigenvalue weighted by molar-refractivity contribution is -0.142. The summed E-state index contributed by atoms with van der Waals surface area (Å²) in [6.45, 7) is 7.86. The summed E-state index contributed by atoms with van der Waals surface area (Å²) in [6.07, 6.45) is 5.26. The predicted molar refractivity (Wildman–Crippen MR) is 193 cm³/mol. The molecule has 0 radical (unpaired) electrons. The second kappa shape index (κ2) is 14.4. The van der Waals surface area contributed by atoms with Crippen LogP contribution in [-0.2, 0) is 47.0 Å². The van der Waals surface area contributed by atoms with Crippen molar-refractivity contribution in [3.05, 3.63) is 28.8 Å². The van der Waals surface area contributed by atoms with Crippen LogP contribution in [0.2, 0.25) is 0 Å². The van der Waals surface area contributed by atoms with Crippen molar-refractivity contribution in [2.45, 2.75) is 122 Å². The number of fused-ring (bicyclic) bond motifs is 5. The number of ether oxygens (including phenoxy) is 4. The van der Waals surface area contributed by atoms with E-state index in [1.54, 1.807) is 25.7 Å². The minimum Gasteiger partial charge on any atom is -0.454 e. The first-order valence-electron chi connectivity index (χ1n) is 19.0. The minimum absolute atomic E-state index is 0.0305. The van der Waals surface area contributed by atoms with Crippen molar-refractivity contribution in [3.63, 3.8) is 0 Å². The maximum Gasteiger partial charge on any atom is 0.410 e. The number of benzene rings is 1. The molecule has 1 aromatic rings. The number of carbonyl (C=O) groups is 5. The molecule has 0 spiro atoms. The predicted octanol–water partition coefficient (Wildman–Crippen LogP) is 4.16. The van der Waals surface area contributed by atoms with Gasteiger partial charge in [0.25, 0.3) is 0 Å². The van der Waals surface area contributed by atoms with Crippen LogP contribution in [0, 0.1) is 16.7 Å². The quantitative estimate of drug-likeness (QED) is 0.406. The Kier molecular flexibility index (Phi) is 10.1. The number of amides is 4.